The monoisotopic (exact) mass is 380 g/mol. The van der Waals surface area contributed by atoms with Gasteiger partial charge >= 0.3 is 0 Å². The number of nitrogens with zero attached hydrogens (tertiary/aromatic N) is 2. The zero-order chi connectivity index (χ0) is 19.3. The lowest BCUT2D eigenvalue weighted by molar-refractivity contribution is 0.0584. The van der Waals surface area contributed by atoms with Crippen LogP contribution in [0.15, 0.2) is 29.2 Å². The van der Waals surface area contributed by atoms with Crippen molar-refractivity contribution in [2.45, 2.75) is 64.3 Å². The summed E-state index contributed by atoms with van der Waals surface area (Å²) >= 11 is 0. The van der Waals surface area contributed by atoms with Gasteiger partial charge in [0.25, 0.3) is 5.91 Å². The molecule has 1 heterocycles. The van der Waals surface area contributed by atoms with Crippen molar-refractivity contribution in [1.82, 2.24) is 9.21 Å². The number of benzene rings is 1. The quantitative estimate of drug-likeness (QED) is 0.724. The Morgan fingerprint density at radius 2 is 1.92 bits per heavy atom. The number of hydrogen-bond donors (Lipinski definition) is 0. The van der Waals surface area contributed by atoms with Gasteiger partial charge in [-0.2, -0.15) is 4.31 Å². The molecule has 0 radical (unpaired) electrons. The number of amides is 1. The first-order valence-corrected chi connectivity index (χ1v) is 11.2. The van der Waals surface area contributed by atoms with E-state index in [-0.39, 0.29) is 16.8 Å². The van der Waals surface area contributed by atoms with E-state index < -0.39 is 10.0 Å². The lowest BCUT2D eigenvalue weighted by atomic mass is 9.93. The Balaban J connectivity index is 2.30. The van der Waals surface area contributed by atoms with Gasteiger partial charge in [0.1, 0.15) is 0 Å². The topological polar surface area (TPSA) is 57.7 Å². The molecule has 0 spiro atoms. The highest BCUT2D eigenvalue weighted by atomic mass is 32.2. The number of carbonyl (C=O) groups excluding carboxylic acids is 1. The Hall–Kier alpha value is -1.40. The molecule has 1 unspecified atom stereocenters. The van der Waals surface area contributed by atoms with Crippen molar-refractivity contribution in [3.8, 4) is 0 Å². The molecule has 6 heteroatoms. The predicted molar refractivity (Wildman–Crippen MR) is 105 cm³/mol. The van der Waals surface area contributed by atoms with Crippen LogP contribution < -0.4 is 0 Å². The fraction of sp³-hybridized carbons (Fsp3) is 0.650. The molecule has 0 N–H and O–H groups in total. The molecule has 5 nitrogen and oxygen atoms in total. The summed E-state index contributed by atoms with van der Waals surface area (Å²) in [6, 6.07) is 6.76. The summed E-state index contributed by atoms with van der Waals surface area (Å²) in [5.74, 6) is 0.481. The van der Waals surface area contributed by atoms with Gasteiger partial charge in [-0.25, -0.2) is 8.42 Å². The Morgan fingerprint density at radius 3 is 2.54 bits per heavy atom. The van der Waals surface area contributed by atoms with E-state index in [1.54, 1.807) is 18.2 Å². The molecule has 0 saturated carbocycles. The molecule has 1 amide bonds. The number of sulfonamides is 1. The number of carbonyl (C=O) groups is 1. The summed E-state index contributed by atoms with van der Waals surface area (Å²) in [6.45, 7) is 9.58. The van der Waals surface area contributed by atoms with Crippen molar-refractivity contribution in [1.29, 1.82) is 0 Å². The standard InChI is InChI=1S/C20H32N2O3S/c1-5-21(6-2)26(24,25)19-12-9-10-17(15-19)20(23)22-13-8-7-11-18(22)14-16(3)4/h9-10,12,15-16,18H,5-8,11,13-14H2,1-4H3. The fourth-order valence-corrected chi connectivity index (χ4v) is 5.23. The van der Waals surface area contributed by atoms with E-state index in [1.165, 1.54) is 10.4 Å². The molecule has 1 aliphatic heterocycles. The van der Waals surface area contributed by atoms with Crippen LogP contribution in [0.1, 0.15) is 63.7 Å². The second kappa shape index (κ2) is 9.00. The molecule has 1 aromatic rings. The smallest absolute Gasteiger partial charge is 0.254 e. The summed E-state index contributed by atoms with van der Waals surface area (Å²) < 4.78 is 26.9. The summed E-state index contributed by atoms with van der Waals surface area (Å²) in [6.07, 6.45) is 4.18. The molecular formula is C20H32N2O3S. The molecular weight excluding hydrogens is 348 g/mol. The normalized spacial score (nSPS) is 18.5. The molecule has 0 bridgehead atoms. The van der Waals surface area contributed by atoms with Crippen molar-refractivity contribution in [2.24, 2.45) is 5.92 Å². The van der Waals surface area contributed by atoms with Crippen LogP contribution in [0.4, 0.5) is 0 Å². The molecule has 1 saturated heterocycles. The minimum Gasteiger partial charge on any atom is -0.336 e. The second-order valence-electron chi connectivity index (χ2n) is 7.39. The molecule has 1 atom stereocenters. The summed E-state index contributed by atoms with van der Waals surface area (Å²) in [5, 5.41) is 0. The first-order valence-electron chi connectivity index (χ1n) is 9.72. The van der Waals surface area contributed by atoms with E-state index >= 15 is 0 Å². The Morgan fingerprint density at radius 1 is 1.23 bits per heavy atom. The van der Waals surface area contributed by atoms with Gasteiger partial charge in [0.15, 0.2) is 0 Å². The molecule has 26 heavy (non-hydrogen) atoms. The van der Waals surface area contributed by atoms with Gasteiger partial charge in [-0.1, -0.05) is 33.8 Å². The first-order chi connectivity index (χ1) is 12.3. The van der Waals surface area contributed by atoms with Gasteiger partial charge in [0.2, 0.25) is 10.0 Å². The fourth-order valence-electron chi connectivity index (χ4n) is 3.73. The Kier molecular flexibility index (Phi) is 7.24. The van der Waals surface area contributed by atoms with Crippen LogP contribution in [0.25, 0.3) is 0 Å². The molecule has 1 aliphatic rings. The number of likely N-dealkylation sites (tertiary alicyclic amines) is 1. The van der Waals surface area contributed by atoms with Crippen molar-refractivity contribution in [3.05, 3.63) is 29.8 Å². The van der Waals surface area contributed by atoms with Gasteiger partial charge in [0, 0.05) is 31.2 Å². The van der Waals surface area contributed by atoms with Crippen molar-refractivity contribution in [3.63, 3.8) is 0 Å². The molecule has 1 fully saturated rings. The van der Waals surface area contributed by atoms with Gasteiger partial charge < -0.3 is 4.90 Å². The highest BCUT2D eigenvalue weighted by Gasteiger charge is 2.29. The van der Waals surface area contributed by atoms with E-state index in [0.717, 1.165) is 32.2 Å². The van der Waals surface area contributed by atoms with Crippen LogP contribution >= 0.6 is 0 Å². The molecule has 146 valence electrons. The first kappa shape index (κ1) is 20.9. The minimum absolute atomic E-state index is 0.0491. The van der Waals surface area contributed by atoms with Crippen LogP contribution in [-0.4, -0.2) is 49.2 Å². The van der Waals surface area contributed by atoms with Crippen molar-refractivity contribution < 1.29 is 13.2 Å². The van der Waals surface area contributed by atoms with Gasteiger partial charge in [-0.15, -0.1) is 0 Å². The lowest BCUT2D eigenvalue weighted by Gasteiger charge is -2.37. The zero-order valence-electron chi connectivity index (χ0n) is 16.4. The Labute approximate surface area is 158 Å². The largest absolute Gasteiger partial charge is 0.336 e. The van der Waals surface area contributed by atoms with Gasteiger partial charge in [-0.3, -0.25) is 4.79 Å². The SMILES string of the molecule is CCN(CC)S(=O)(=O)c1cccc(C(=O)N2CCCCC2CC(C)C)c1. The van der Waals surface area contributed by atoms with Gasteiger partial charge in [-0.05, 0) is 49.8 Å². The van der Waals surface area contributed by atoms with E-state index in [2.05, 4.69) is 13.8 Å². The number of rotatable bonds is 7. The van der Waals surface area contributed by atoms with Crippen LogP contribution in [0.5, 0.6) is 0 Å². The minimum atomic E-state index is -3.56. The summed E-state index contributed by atoms with van der Waals surface area (Å²) in [5.41, 5.74) is 0.467. The van der Waals surface area contributed by atoms with Crippen molar-refractivity contribution in [2.75, 3.05) is 19.6 Å². The summed E-state index contributed by atoms with van der Waals surface area (Å²) in [4.78, 5) is 15.2. The average molecular weight is 381 g/mol. The number of hydrogen-bond acceptors (Lipinski definition) is 3. The van der Waals surface area contributed by atoms with Gasteiger partial charge in [0.05, 0.1) is 4.90 Å². The average Bonchev–Trinajstić information content (AvgIpc) is 2.62. The maximum Gasteiger partial charge on any atom is 0.254 e. The molecule has 1 aromatic carbocycles. The molecule has 2 rings (SSSR count). The van der Waals surface area contributed by atoms with Crippen molar-refractivity contribution >= 4 is 15.9 Å². The lowest BCUT2D eigenvalue weighted by Crippen LogP contribution is -2.44. The predicted octanol–water partition coefficient (Wildman–Crippen LogP) is 3.76. The highest BCUT2D eigenvalue weighted by molar-refractivity contribution is 7.89. The van der Waals surface area contributed by atoms with E-state index in [1.807, 2.05) is 18.7 Å². The Bertz CT molecular complexity index is 712. The van der Waals surface area contributed by atoms with E-state index in [9.17, 15) is 13.2 Å². The molecule has 0 aliphatic carbocycles. The summed E-state index contributed by atoms with van der Waals surface area (Å²) in [7, 11) is -3.56. The zero-order valence-corrected chi connectivity index (χ0v) is 17.3. The third-order valence-electron chi connectivity index (χ3n) is 5.06. The number of piperidine rings is 1. The maximum atomic E-state index is 13.1. The third-order valence-corrected chi connectivity index (χ3v) is 7.10. The maximum absolute atomic E-state index is 13.1. The second-order valence-corrected chi connectivity index (χ2v) is 9.33. The van der Waals surface area contributed by atoms with E-state index in [0.29, 0.717) is 24.6 Å². The highest BCUT2D eigenvalue weighted by Crippen LogP contribution is 2.25. The third kappa shape index (κ3) is 4.65. The van der Waals surface area contributed by atoms with Crippen LogP contribution in [0.3, 0.4) is 0 Å². The molecule has 0 aromatic heterocycles. The van der Waals surface area contributed by atoms with E-state index in [4.69, 9.17) is 0 Å². The van der Waals surface area contributed by atoms with Crippen LogP contribution in [-0.2, 0) is 10.0 Å². The van der Waals surface area contributed by atoms with Crippen LogP contribution in [0.2, 0.25) is 0 Å². The van der Waals surface area contributed by atoms with Crippen LogP contribution in [0, 0.1) is 5.92 Å².